The van der Waals surface area contributed by atoms with E-state index in [1.54, 1.807) is 24.5 Å². The van der Waals surface area contributed by atoms with Crippen LogP contribution in [0.4, 0.5) is 10.1 Å². The predicted octanol–water partition coefficient (Wildman–Crippen LogP) is 2.15. The maximum Gasteiger partial charge on any atom is 0.238 e. The zero-order valence-electron chi connectivity index (χ0n) is 9.65. The van der Waals surface area contributed by atoms with Gasteiger partial charge in [0.1, 0.15) is 11.6 Å². The Morgan fingerprint density at radius 2 is 2.06 bits per heavy atom. The quantitative estimate of drug-likeness (QED) is 0.852. The molecule has 0 radical (unpaired) electrons. The molecule has 5 heteroatoms. The van der Waals surface area contributed by atoms with E-state index in [4.69, 9.17) is 4.42 Å². The molecule has 0 spiro atoms. The van der Waals surface area contributed by atoms with Crippen molar-refractivity contribution < 1.29 is 13.6 Å². The van der Waals surface area contributed by atoms with E-state index in [-0.39, 0.29) is 18.1 Å². The molecule has 0 aliphatic rings. The maximum absolute atomic E-state index is 13.2. The molecule has 0 aliphatic heterocycles. The number of hydrogen-bond donors (Lipinski definition) is 2. The van der Waals surface area contributed by atoms with Gasteiger partial charge in [0.15, 0.2) is 0 Å². The topological polar surface area (TPSA) is 54.3 Å². The van der Waals surface area contributed by atoms with E-state index in [1.165, 1.54) is 12.1 Å². The van der Waals surface area contributed by atoms with Gasteiger partial charge in [0.05, 0.1) is 25.0 Å². The minimum Gasteiger partial charge on any atom is -0.468 e. The van der Waals surface area contributed by atoms with Crippen LogP contribution in [-0.2, 0) is 11.3 Å². The van der Waals surface area contributed by atoms with E-state index < -0.39 is 5.82 Å². The molecule has 4 nitrogen and oxygen atoms in total. The summed E-state index contributed by atoms with van der Waals surface area (Å²) < 4.78 is 18.3. The van der Waals surface area contributed by atoms with Gasteiger partial charge in [-0.05, 0) is 24.3 Å². The first kappa shape index (κ1) is 12.3. The third kappa shape index (κ3) is 3.43. The summed E-state index contributed by atoms with van der Waals surface area (Å²) in [5.41, 5.74) is 0.183. The molecular formula is C13H13FN2O2. The molecule has 1 heterocycles. The van der Waals surface area contributed by atoms with Crippen LogP contribution in [0, 0.1) is 5.82 Å². The molecule has 0 bridgehead atoms. The van der Waals surface area contributed by atoms with Crippen LogP contribution in [0.25, 0.3) is 0 Å². The zero-order valence-corrected chi connectivity index (χ0v) is 9.65. The van der Waals surface area contributed by atoms with Crippen molar-refractivity contribution in [2.24, 2.45) is 0 Å². The van der Waals surface area contributed by atoms with E-state index in [0.29, 0.717) is 6.54 Å². The maximum atomic E-state index is 13.2. The van der Waals surface area contributed by atoms with E-state index in [9.17, 15) is 9.18 Å². The number of furan rings is 1. The number of rotatable bonds is 5. The average Bonchev–Trinajstić information content (AvgIpc) is 2.85. The second kappa shape index (κ2) is 5.97. The first-order valence-electron chi connectivity index (χ1n) is 5.53. The number of para-hydroxylation sites is 1. The molecule has 0 unspecified atom stereocenters. The molecule has 1 aromatic carbocycles. The number of nitrogens with one attached hydrogen (secondary N) is 2. The first-order valence-corrected chi connectivity index (χ1v) is 5.53. The minimum absolute atomic E-state index is 0.0923. The van der Waals surface area contributed by atoms with Gasteiger partial charge < -0.3 is 15.1 Å². The van der Waals surface area contributed by atoms with Crippen molar-refractivity contribution in [1.82, 2.24) is 5.32 Å². The Morgan fingerprint density at radius 1 is 1.22 bits per heavy atom. The van der Waals surface area contributed by atoms with Gasteiger partial charge in [-0.2, -0.15) is 0 Å². The van der Waals surface area contributed by atoms with Crippen LogP contribution in [0.1, 0.15) is 5.76 Å². The monoisotopic (exact) mass is 248 g/mol. The molecule has 1 aromatic heterocycles. The lowest BCUT2D eigenvalue weighted by molar-refractivity contribution is -0.115. The molecular weight excluding hydrogens is 235 g/mol. The Labute approximate surface area is 104 Å². The Kier molecular flexibility index (Phi) is 4.09. The second-order valence-corrected chi connectivity index (χ2v) is 3.71. The summed E-state index contributed by atoms with van der Waals surface area (Å²) in [4.78, 5) is 11.5. The van der Waals surface area contributed by atoms with Crippen molar-refractivity contribution in [2.75, 3.05) is 11.9 Å². The lowest BCUT2D eigenvalue weighted by atomic mass is 10.3. The summed E-state index contributed by atoms with van der Waals surface area (Å²) in [6.07, 6.45) is 1.57. The van der Waals surface area contributed by atoms with Crippen molar-refractivity contribution in [3.8, 4) is 0 Å². The fraction of sp³-hybridized carbons (Fsp3) is 0.154. The Morgan fingerprint density at radius 3 is 2.78 bits per heavy atom. The fourth-order valence-corrected chi connectivity index (χ4v) is 1.47. The average molecular weight is 248 g/mol. The molecule has 0 saturated carbocycles. The zero-order chi connectivity index (χ0) is 12.8. The number of amides is 1. The smallest absolute Gasteiger partial charge is 0.238 e. The number of anilines is 1. The van der Waals surface area contributed by atoms with Crippen LogP contribution in [0.15, 0.2) is 47.1 Å². The third-order valence-corrected chi connectivity index (χ3v) is 2.31. The fourth-order valence-electron chi connectivity index (χ4n) is 1.47. The van der Waals surface area contributed by atoms with E-state index in [1.807, 2.05) is 6.07 Å². The Balaban J connectivity index is 1.77. The summed E-state index contributed by atoms with van der Waals surface area (Å²) in [6, 6.07) is 9.62. The van der Waals surface area contributed by atoms with Gasteiger partial charge in [-0.15, -0.1) is 0 Å². The molecule has 0 saturated heterocycles. The van der Waals surface area contributed by atoms with Gasteiger partial charge in [-0.25, -0.2) is 4.39 Å². The SMILES string of the molecule is O=C(CNCc1ccco1)Nc1ccccc1F. The lowest BCUT2D eigenvalue weighted by Gasteiger charge is -2.06. The highest BCUT2D eigenvalue weighted by Gasteiger charge is 2.05. The van der Waals surface area contributed by atoms with E-state index in [2.05, 4.69) is 10.6 Å². The van der Waals surface area contributed by atoms with Crippen molar-refractivity contribution in [1.29, 1.82) is 0 Å². The molecule has 0 atom stereocenters. The third-order valence-electron chi connectivity index (χ3n) is 2.31. The van der Waals surface area contributed by atoms with Crippen LogP contribution in [0.5, 0.6) is 0 Å². The highest BCUT2D eigenvalue weighted by Crippen LogP contribution is 2.11. The molecule has 1 amide bonds. The van der Waals surface area contributed by atoms with Crippen LogP contribution in [0.3, 0.4) is 0 Å². The standard InChI is InChI=1S/C13H13FN2O2/c14-11-5-1-2-6-12(11)16-13(17)9-15-8-10-4-3-7-18-10/h1-7,15H,8-9H2,(H,16,17). The second-order valence-electron chi connectivity index (χ2n) is 3.71. The number of carbonyl (C=O) groups excluding carboxylic acids is 1. The first-order chi connectivity index (χ1) is 8.75. The van der Waals surface area contributed by atoms with Crippen LogP contribution in [0.2, 0.25) is 0 Å². The molecule has 18 heavy (non-hydrogen) atoms. The largest absolute Gasteiger partial charge is 0.468 e. The normalized spacial score (nSPS) is 10.3. The van der Waals surface area contributed by atoms with Gasteiger partial charge in [-0.3, -0.25) is 4.79 Å². The summed E-state index contributed by atoms with van der Waals surface area (Å²) in [5.74, 6) is -0.00256. The number of benzene rings is 1. The molecule has 2 aromatic rings. The molecule has 2 rings (SSSR count). The van der Waals surface area contributed by atoms with Gasteiger partial charge in [0, 0.05) is 0 Å². The van der Waals surface area contributed by atoms with E-state index >= 15 is 0 Å². The van der Waals surface area contributed by atoms with Gasteiger partial charge >= 0.3 is 0 Å². The predicted molar refractivity (Wildman–Crippen MR) is 65.4 cm³/mol. The molecule has 2 N–H and O–H groups in total. The van der Waals surface area contributed by atoms with Crippen LogP contribution in [-0.4, -0.2) is 12.5 Å². The molecule has 94 valence electrons. The van der Waals surface area contributed by atoms with Crippen molar-refractivity contribution in [2.45, 2.75) is 6.54 Å². The summed E-state index contributed by atoms with van der Waals surface area (Å²) in [6.45, 7) is 0.548. The summed E-state index contributed by atoms with van der Waals surface area (Å²) in [7, 11) is 0. The van der Waals surface area contributed by atoms with Crippen LogP contribution < -0.4 is 10.6 Å². The Bertz CT molecular complexity index is 511. The Hall–Kier alpha value is -2.14. The summed E-state index contributed by atoms with van der Waals surface area (Å²) >= 11 is 0. The molecule has 0 fully saturated rings. The van der Waals surface area contributed by atoms with E-state index in [0.717, 1.165) is 5.76 Å². The van der Waals surface area contributed by atoms with Crippen molar-refractivity contribution in [3.05, 3.63) is 54.2 Å². The molecule has 0 aliphatic carbocycles. The van der Waals surface area contributed by atoms with Gasteiger partial charge in [0.25, 0.3) is 0 Å². The number of carbonyl (C=O) groups is 1. The van der Waals surface area contributed by atoms with Crippen LogP contribution >= 0.6 is 0 Å². The van der Waals surface area contributed by atoms with Crippen molar-refractivity contribution in [3.63, 3.8) is 0 Å². The van der Waals surface area contributed by atoms with Gasteiger partial charge in [0.2, 0.25) is 5.91 Å². The lowest BCUT2D eigenvalue weighted by Crippen LogP contribution is -2.27. The van der Waals surface area contributed by atoms with Crippen molar-refractivity contribution >= 4 is 11.6 Å². The summed E-state index contributed by atoms with van der Waals surface area (Å²) in [5, 5.41) is 5.38. The minimum atomic E-state index is -0.447. The van der Waals surface area contributed by atoms with Gasteiger partial charge in [-0.1, -0.05) is 12.1 Å². The highest BCUT2D eigenvalue weighted by atomic mass is 19.1. The number of halogens is 1. The number of hydrogen-bond acceptors (Lipinski definition) is 3. The highest BCUT2D eigenvalue weighted by molar-refractivity contribution is 5.92.